The minimum absolute atomic E-state index is 0.0513. The van der Waals surface area contributed by atoms with E-state index in [1.54, 1.807) is 31.3 Å². The van der Waals surface area contributed by atoms with Gasteiger partial charge in [-0.3, -0.25) is 14.5 Å². The van der Waals surface area contributed by atoms with Crippen molar-refractivity contribution in [3.05, 3.63) is 47.3 Å². The van der Waals surface area contributed by atoms with Gasteiger partial charge in [-0.15, -0.1) is 0 Å². The summed E-state index contributed by atoms with van der Waals surface area (Å²) in [4.78, 5) is 26.2. The molecule has 0 bridgehead atoms. The van der Waals surface area contributed by atoms with Crippen LogP contribution < -0.4 is 10.1 Å². The lowest BCUT2D eigenvalue weighted by Crippen LogP contribution is -2.34. The highest BCUT2D eigenvalue weighted by Crippen LogP contribution is 2.23. The Kier molecular flexibility index (Phi) is 7.07. The van der Waals surface area contributed by atoms with Crippen molar-refractivity contribution in [1.82, 2.24) is 9.47 Å². The van der Waals surface area contributed by atoms with Crippen LogP contribution in [0.4, 0.5) is 18.9 Å². The number of carbonyl (C=O) groups is 2. The molecule has 1 heterocycles. The summed E-state index contributed by atoms with van der Waals surface area (Å²) in [6.07, 6.45) is -4.37. The number of amides is 1. The van der Waals surface area contributed by atoms with Crippen molar-refractivity contribution < 1.29 is 27.5 Å². The molecule has 9 heteroatoms. The van der Waals surface area contributed by atoms with Crippen LogP contribution in [0, 0.1) is 13.8 Å². The second kappa shape index (κ2) is 9.13. The average Bonchev–Trinajstić information content (AvgIpc) is 2.88. The van der Waals surface area contributed by atoms with Crippen molar-refractivity contribution in [2.24, 2.45) is 0 Å². The largest absolute Gasteiger partial charge is 0.497 e. The van der Waals surface area contributed by atoms with Gasteiger partial charge in [0.1, 0.15) is 12.3 Å². The predicted molar refractivity (Wildman–Crippen MR) is 103 cm³/mol. The lowest BCUT2D eigenvalue weighted by atomic mass is 10.1. The summed E-state index contributed by atoms with van der Waals surface area (Å²) in [7, 11) is 3.12. The van der Waals surface area contributed by atoms with Crippen LogP contribution in [0.25, 0.3) is 0 Å². The van der Waals surface area contributed by atoms with Crippen molar-refractivity contribution in [3.8, 4) is 5.75 Å². The molecular formula is C20H24F3N3O3. The number of benzene rings is 1. The fourth-order valence-electron chi connectivity index (χ4n) is 3.04. The van der Waals surface area contributed by atoms with Crippen LogP contribution in [-0.4, -0.2) is 54.6 Å². The van der Waals surface area contributed by atoms with Crippen molar-refractivity contribution in [1.29, 1.82) is 0 Å². The van der Waals surface area contributed by atoms with Crippen molar-refractivity contribution in [2.45, 2.75) is 26.6 Å². The molecule has 0 atom stereocenters. The first-order chi connectivity index (χ1) is 13.5. The maximum atomic E-state index is 12.7. The molecule has 1 aromatic carbocycles. The number of methoxy groups -OCH3 is 1. The Morgan fingerprint density at radius 3 is 2.48 bits per heavy atom. The van der Waals surface area contributed by atoms with Crippen molar-refractivity contribution in [2.75, 3.05) is 32.6 Å². The van der Waals surface area contributed by atoms with Gasteiger partial charge < -0.3 is 14.6 Å². The van der Waals surface area contributed by atoms with Gasteiger partial charge in [-0.25, -0.2) is 0 Å². The topological polar surface area (TPSA) is 63.6 Å². The molecule has 0 fully saturated rings. The van der Waals surface area contributed by atoms with Gasteiger partial charge in [0.2, 0.25) is 5.91 Å². The Morgan fingerprint density at radius 2 is 1.86 bits per heavy atom. The third-order valence-corrected chi connectivity index (χ3v) is 4.39. The molecule has 0 unspecified atom stereocenters. The SMILES string of the molecule is COc1cccc(NC(=O)CN(C)CC(=O)c2cc(C)n(CC(F)(F)F)c2C)c1. The molecule has 1 aromatic heterocycles. The molecule has 29 heavy (non-hydrogen) atoms. The minimum Gasteiger partial charge on any atom is -0.497 e. The number of nitrogens with zero attached hydrogens (tertiary/aromatic N) is 2. The molecule has 0 saturated carbocycles. The van der Waals surface area contributed by atoms with Gasteiger partial charge in [-0.05, 0) is 39.1 Å². The first-order valence-electron chi connectivity index (χ1n) is 8.89. The predicted octanol–water partition coefficient (Wildman–Crippen LogP) is 3.43. The van der Waals surface area contributed by atoms with Crippen LogP contribution in [-0.2, 0) is 11.3 Å². The number of Topliss-reactive ketones (excluding diaryl/α,β-unsaturated/α-hetero) is 1. The molecular weight excluding hydrogens is 387 g/mol. The van der Waals surface area contributed by atoms with E-state index in [0.29, 0.717) is 17.1 Å². The van der Waals surface area contributed by atoms with E-state index < -0.39 is 12.7 Å². The molecule has 0 aliphatic rings. The Morgan fingerprint density at radius 1 is 1.17 bits per heavy atom. The number of rotatable bonds is 8. The number of hydrogen-bond acceptors (Lipinski definition) is 4. The number of nitrogens with one attached hydrogen (secondary N) is 1. The maximum absolute atomic E-state index is 12.7. The van der Waals surface area contributed by atoms with E-state index in [9.17, 15) is 22.8 Å². The second-order valence-corrected chi connectivity index (χ2v) is 6.86. The molecule has 0 spiro atoms. The van der Waals surface area contributed by atoms with Crippen molar-refractivity contribution >= 4 is 17.4 Å². The zero-order valence-corrected chi connectivity index (χ0v) is 16.8. The van der Waals surface area contributed by atoms with E-state index in [2.05, 4.69) is 5.32 Å². The third-order valence-electron chi connectivity index (χ3n) is 4.39. The van der Waals surface area contributed by atoms with E-state index in [-0.39, 0.29) is 36.0 Å². The molecule has 0 saturated heterocycles. The lowest BCUT2D eigenvalue weighted by molar-refractivity contribution is -0.141. The quantitative estimate of drug-likeness (QED) is 0.676. The lowest BCUT2D eigenvalue weighted by Gasteiger charge is -2.16. The molecule has 0 aliphatic carbocycles. The van der Waals surface area contributed by atoms with Crippen LogP contribution in [0.2, 0.25) is 0 Å². The summed E-state index contributed by atoms with van der Waals surface area (Å²) in [6.45, 7) is 1.73. The molecule has 1 N–H and O–H groups in total. The molecule has 6 nitrogen and oxygen atoms in total. The Labute approximate surface area is 167 Å². The monoisotopic (exact) mass is 411 g/mol. The number of halogens is 3. The fraction of sp³-hybridized carbons (Fsp3) is 0.400. The van der Waals surface area contributed by atoms with Crippen LogP contribution >= 0.6 is 0 Å². The second-order valence-electron chi connectivity index (χ2n) is 6.86. The van der Waals surface area contributed by atoms with Crippen LogP contribution in [0.1, 0.15) is 21.7 Å². The fourth-order valence-corrected chi connectivity index (χ4v) is 3.04. The number of aromatic nitrogens is 1. The van der Waals surface area contributed by atoms with E-state index in [0.717, 1.165) is 4.57 Å². The molecule has 2 aromatic rings. The maximum Gasteiger partial charge on any atom is 0.406 e. The summed E-state index contributed by atoms with van der Waals surface area (Å²) in [6, 6.07) is 8.31. The third kappa shape index (κ3) is 6.35. The van der Waals surface area contributed by atoms with Gasteiger partial charge in [0.25, 0.3) is 0 Å². The average molecular weight is 411 g/mol. The number of hydrogen-bond donors (Lipinski definition) is 1. The normalized spacial score (nSPS) is 11.6. The Hall–Kier alpha value is -2.81. The summed E-state index contributed by atoms with van der Waals surface area (Å²) in [5.74, 6) is -0.0696. The molecule has 0 aliphatic heterocycles. The van der Waals surface area contributed by atoms with Gasteiger partial charge >= 0.3 is 6.18 Å². The van der Waals surface area contributed by atoms with Crippen LogP contribution in [0.15, 0.2) is 30.3 Å². The van der Waals surface area contributed by atoms with E-state index in [1.165, 1.54) is 31.9 Å². The van der Waals surface area contributed by atoms with Gasteiger partial charge in [0.15, 0.2) is 5.78 Å². The summed E-state index contributed by atoms with van der Waals surface area (Å²) < 4.78 is 44.3. The Bertz CT molecular complexity index is 891. The standard InChI is InChI=1S/C20H24F3N3O3/c1-13-8-17(14(2)26(13)12-20(21,22)23)18(27)10-25(3)11-19(28)24-15-6-5-7-16(9-15)29-4/h5-9H,10-12H2,1-4H3,(H,24,28). The number of ether oxygens (including phenoxy) is 1. The summed E-state index contributed by atoms with van der Waals surface area (Å²) in [5, 5.41) is 2.71. The summed E-state index contributed by atoms with van der Waals surface area (Å²) in [5.41, 5.74) is 1.41. The van der Waals surface area contributed by atoms with E-state index in [4.69, 9.17) is 4.74 Å². The van der Waals surface area contributed by atoms with Gasteiger partial charge in [-0.1, -0.05) is 6.07 Å². The zero-order valence-electron chi connectivity index (χ0n) is 16.8. The van der Waals surface area contributed by atoms with Crippen LogP contribution in [0.5, 0.6) is 5.75 Å². The molecule has 0 radical (unpaired) electrons. The van der Waals surface area contributed by atoms with Crippen molar-refractivity contribution in [3.63, 3.8) is 0 Å². The number of alkyl halides is 3. The first-order valence-corrected chi connectivity index (χ1v) is 8.89. The number of ketones is 1. The van der Waals surface area contributed by atoms with Gasteiger partial charge in [-0.2, -0.15) is 13.2 Å². The van der Waals surface area contributed by atoms with Crippen LogP contribution in [0.3, 0.4) is 0 Å². The van der Waals surface area contributed by atoms with Gasteiger partial charge in [0, 0.05) is 28.7 Å². The number of anilines is 1. The smallest absolute Gasteiger partial charge is 0.406 e. The number of likely N-dealkylation sites (N-methyl/N-ethyl adjacent to an activating group) is 1. The minimum atomic E-state index is -4.37. The number of carbonyl (C=O) groups excluding carboxylic acids is 2. The van der Waals surface area contributed by atoms with E-state index >= 15 is 0 Å². The molecule has 158 valence electrons. The number of aryl methyl sites for hydroxylation is 1. The van der Waals surface area contributed by atoms with E-state index in [1.807, 2.05) is 0 Å². The summed E-state index contributed by atoms with van der Waals surface area (Å²) >= 11 is 0. The highest BCUT2D eigenvalue weighted by Gasteiger charge is 2.30. The highest BCUT2D eigenvalue weighted by molar-refractivity contribution is 5.99. The zero-order chi connectivity index (χ0) is 21.8. The molecule has 1 amide bonds. The Balaban J connectivity index is 1.98. The molecule has 2 rings (SSSR count). The highest BCUT2D eigenvalue weighted by atomic mass is 19.4. The van der Waals surface area contributed by atoms with Gasteiger partial charge in [0.05, 0.1) is 20.2 Å². The first kappa shape index (κ1) is 22.5.